The first-order valence-electron chi connectivity index (χ1n) is 5.60. The van der Waals surface area contributed by atoms with Crippen molar-refractivity contribution in [3.05, 3.63) is 28.3 Å². The van der Waals surface area contributed by atoms with E-state index in [0.29, 0.717) is 0 Å². The molecule has 1 heteroatoms. The molecule has 0 amide bonds. The number of hydrogen-bond donors (Lipinski definition) is 0. The van der Waals surface area contributed by atoms with Gasteiger partial charge in [0.05, 0.1) is 0 Å². The van der Waals surface area contributed by atoms with Crippen molar-refractivity contribution in [1.82, 2.24) is 0 Å². The van der Waals surface area contributed by atoms with Gasteiger partial charge in [0.25, 0.3) is 0 Å². The number of aryl methyl sites for hydroxylation is 2. The molecule has 0 spiro atoms. The first kappa shape index (κ1) is 8.84. The van der Waals surface area contributed by atoms with Crippen LogP contribution in [0.5, 0.6) is 0 Å². The molecule has 0 N–H and O–H groups in total. The fourth-order valence-electron chi connectivity index (χ4n) is 3.01. The molecule has 1 aromatic carbocycles. The van der Waals surface area contributed by atoms with Gasteiger partial charge in [-0.15, -0.1) is 11.8 Å². The van der Waals surface area contributed by atoms with Crippen molar-refractivity contribution in [2.75, 3.05) is 6.26 Å². The van der Waals surface area contributed by atoms with Crippen LogP contribution in [0.1, 0.15) is 35.1 Å². The highest BCUT2D eigenvalue weighted by Gasteiger charge is 2.22. The van der Waals surface area contributed by atoms with Crippen molar-refractivity contribution in [3.63, 3.8) is 0 Å². The van der Waals surface area contributed by atoms with Gasteiger partial charge in [-0.1, -0.05) is 6.07 Å². The molecule has 0 radical (unpaired) electrons. The molecule has 0 unspecified atom stereocenters. The normalized spacial score (nSPS) is 18.4. The largest absolute Gasteiger partial charge is 0.129 e. The lowest BCUT2D eigenvalue weighted by atomic mass is 10.0. The van der Waals surface area contributed by atoms with Gasteiger partial charge in [0, 0.05) is 4.90 Å². The lowest BCUT2D eigenvalue weighted by Crippen LogP contribution is -1.94. The van der Waals surface area contributed by atoms with E-state index in [9.17, 15) is 0 Å². The van der Waals surface area contributed by atoms with Crippen molar-refractivity contribution in [2.45, 2.75) is 43.4 Å². The van der Waals surface area contributed by atoms with Crippen molar-refractivity contribution in [2.24, 2.45) is 0 Å². The summed E-state index contributed by atoms with van der Waals surface area (Å²) < 4.78 is 0. The monoisotopic (exact) mass is 204 g/mol. The number of fused-ring (bicyclic) bond motifs is 2. The summed E-state index contributed by atoms with van der Waals surface area (Å²) in [7, 11) is 0. The van der Waals surface area contributed by atoms with E-state index in [1.54, 1.807) is 27.1 Å². The standard InChI is InChI=1S/C13H16S/c1-14-13-11-6-2-4-9(11)8-10-5-3-7-12(10)13/h8H,2-7H2,1H3. The Morgan fingerprint density at radius 1 is 0.929 bits per heavy atom. The second-order valence-electron chi connectivity index (χ2n) is 4.39. The lowest BCUT2D eigenvalue weighted by molar-refractivity contribution is 0.885. The molecule has 0 atom stereocenters. The highest BCUT2D eigenvalue weighted by Crippen LogP contribution is 2.39. The Morgan fingerprint density at radius 2 is 1.50 bits per heavy atom. The fourth-order valence-corrected chi connectivity index (χ4v) is 3.97. The van der Waals surface area contributed by atoms with E-state index in [1.807, 2.05) is 11.8 Å². The van der Waals surface area contributed by atoms with Crippen LogP contribution in [0.15, 0.2) is 11.0 Å². The van der Waals surface area contributed by atoms with Gasteiger partial charge in [-0.05, 0) is 67.0 Å². The molecule has 0 aromatic heterocycles. The van der Waals surface area contributed by atoms with Gasteiger partial charge in [0.2, 0.25) is 0 Å². The molecular weight excluding hydrogens is 188 g/mol. The van der Waals surface area contributed by atoms with Crippen LogP contribution >= 0.6 is 11.8 Å². The average Bonchev–Trinajstić information content (AvgIpc) is 2.80. The number of rotatable bonds is 1. The third-order valence-corrected chi connectivity index (χ3v) is 4.52. The molecule has 0 saturated heterocycles. The lowest BCUT2D eigenvalue weighted by Gasteiger charge is -2.12. The van der Waals surface area contributed by atoms with Crippen LogP contribution in [0.3, 0.4) is 0 Å². The van der Waals surface area contributed by atoms with Crippen LogP contribution in [-0.2, 0) is 25.7 Å². The maximum absolute atomic E-state index is 2.50. The van der Waals surface area contributed by atoms with E-state index < -0.39 is 0 Å². The van der Waals surface area contributed by atoms with Crippen LogP contribution in [0.2, 0.25) is 0 Å². The van der Waals surface area contributed by atoms with Crippen molar-refractivity contribution >= 4 is 11.8 Å². The smallest absolute Gasteiger partial charge is 0.0139 e. The van der Waals surface area contributed by atoms with E-state index in [1.165, 1.54) is 38.5 Å². The Hall–Kier alpha value is -0.430. The predicted octanol–water partition coefficient (Wildman–Crippen LogP) is 3.39. The molecule has 74 valence electrons. The van der Waals surface area contributed by atoms with Gasteiger partial charge in [0.1, 0.15) is 0 Å². The van der Waals surface area contributed by atoms with Crippen LogP contribution in [-0.4, -0.2) is 6.26 Å². The Labute approximate surface area is 90.1 Å². The summed E-state index contributed by atoms with van der Waals surface area (Å²) in [4.78, 5) is 1.65. The minimum atomic E-state index is 1.33. The molecule has 0 saturated carbocycles. The molecule has 0 nitrogen and oxygen atoms in total. The molecule has 2 aliphatic carbocycles. The molecule has 0 bridgehead atoms. The average molecular weight is 204 g/mol. The summed E-state index contributed by atoms with van der Waals surface area (Å²) in [5.74, 6) is 0. The molecule has 1 aromatic rings. The minimum absolute atomic E-state index is 1.33. The summed E-state index contributed by atoms with van der Waals surface area (Å²) in [5.41, 5.74) is 6.71. The Kier molecular flexibility index (Phi) is 2.09. The molecule has 0 aliphatic heterocycles. The van der Waals surface area contributed by atoms with Gasteiger partial charge in [-0.3, -0.25) is 0 Å². The first-order chi connectivity index (χ1) is 6.90. The molecule has 2 aliphatic rings. The van der Waals surface area contributed by atoms with E-state index in [4.69, 9.17) is 0 Å². The number of hydrogen-bond acceptors (Lipinski definition) is 1. The highest BCUT2D eigenvalue weighted by atomic mass is 32.2. The second kappa shape index (κ2) is 3.30. The van der Waals surface area contributed by atoms with Gasteiger partial charge >= 0.3 is 0 Å². The van der Waals surface area contributed by atoms with E-state index in [0.717, 1.165) is 0 Å². The third kappa shape index (κ3) is 1.15. The van der Waals surface area contributed by atoms with E-state index >= 15 is 0 Å². The van der Waals surface area contributed by atoms with Crippen LogP contribution in [0.25, 0.3) is 0 Å². The van der Waals surface area contributed by atoms with Crippen LogP contribution in [0.4, 0.5) is 0 Å². The second-order valence-corrected chi connectivity index (χ2v) is 5.21. The van der Waals surface area contributed by atoms with Gasteiger partial charge in [-0.2, -0.15) is 0 Å². The SMILES string of the molecule is CSc1c2c(cc3c1CCC3)CCC2. The molecule has 3 rings (SSSR count). The minimum Gasteiger partial charge on any atom is -0.129 e. The Bertz CT molecular complexity index is 347. The maximum Gasteiger partial charge on any atom is 0.0139 e. The molecule has 0 heterocycles. The topological polar surface area (TPSA) is 0 Å². The predicted molar refractivity (Wildman–Crippen MR) is 62.3 cm³/mol. The van der Waals surface area contributed by atoms with Crippen molar-refractivity contribution in [1.29, 1.82) is 0 Å². The van der Waals surface area contributed by atoms with Gasteiger partial charge in [0.15, 0.2) is 0 Å². The maximum atomic E-state index is 2.50. The zero-order valence-electron chi connectivity index (χ0n) is 8.73. The van der Waals surface area contributed by atoms with Crippen molar-refractivity contribution in [3.8, 4) is 0 Å². The zero-order chi connectivity index (χ0) is 9.54. The van der Waals surface area contributed by atoms with E-state index in [2.05, 4.69) is 12.3 Å². The summed E-state index contributed by atoms with van der Waals surface area (Å²) in [6.45, 7) is 0. The summed E-state index contributed by atoms with van der Waals surface area (Å²) in [6.07, 6.45) is 10.3. The Balaban J connectivity index is 2.24. The van der Waals surface area contributed by atoms with Crippen LogP contribution in [0, 0.1) is 0 Å². The van der Waals surface area contributed by atoms with E-state index in [-0.39, 0.29) is 0 Å². The first-order valence-corrected chi connectivity index (χ1v) is 6.83. The molecule has 14 heavy (non-hydrogen) atoms. The fraction of sp³-hybridized carbons (Fsp3) is 0.538. The van der Waals surface area contributed by atoms with Gasteiger partial charge < -0.3 is 0 Å². The quantitative estimate of drug-likeness (QED) is 0.632. The van der Waals surface area contributed by atoms with Gasteiger partial charge in [-0.25, -0.2) is 0 Å². The molecule has 0 fully saturated rings. The molecular formula is C13H16S. The van der Waals surface area contributed by atoms with Crippen LogP contribution < -0.4 is 0 Å². The summed E-state index contributed by atoms with van der Waals surface area (Å²) in [5, 5.41) is 0. The highest BCUT2D eigenvalue weighted by molar-refractivity contribution is 7.98. The summed E-state index contributed by atoms with van der Waals surface area (Å²) >= 11 is 1.98. The number of benzene rings is 1. The zero-order valence-corrected chi connectivity index (χ0v) is 9.54. The third-order valence-electron chi connectivity index (χ3n) is 3.62. The number of thioether (sulfide) groups is 1. The van der Waals surface area contributed by atoms with Crippen molar-refractivity contribution < 1.29 is 0 Å². The summed E-state index contributed by atoms with van der Waals surface area (Å²) in [6, 6.07) is 2.50. The Morgan fingerprint density at radius 3 is 2.00 bits per heavy atom.